The van der Waals surface area contributed by atoms with Crippen LogP contribution in [0.15, 0.2) is 18.2 Å². The molecular formula is C12H12ClFO. The monoisotopic (exact) mass is 226 g/mol. The molecule has 1 aromatic carbocycles. The number of Topliss-reactive ketones (excluding diaryl/α,β-unsaturated/α-hetero) is 1. The van der Waals surface area contributed by atoms with Crippen LogP contribution in [0.3, 0.4) is 0 Å². The van der Waals surface area contributed by atoms with Gasteiger partial charge in [-0.3, -0.25) is 4.79 Å². The van der Waals surface area contributed by atoms with Gasteiger partial charge in [-0.1, -0.05) is 24.4 Å². The number of carbonyl (C=O) groups excluding carboxylic acids is 1. The first kappa shape index (κ1) is 10.6. The van der Waals surface area contributed by atoms with E-state index in [0.717, 1.165) is 25.7 Å². The Morgan fingerprint density at radius 1 is 1.33 bits per heavy atom. The summed E-state index contributed by atoms with van der Waals surface area (Å²) in [5.41, 5.74) is 0.337. The number of ketones is 1. The first-order valence-corrected chi connectivity index (χ1v) is 5.55. The van der Waals surface area contributed by atoms with Crippen LogP contribution in [0.4, 0.5) is 4.39 Å². The van der Waals surface area contributed by atoms with Crippen molar-refractivity contribution in [3.05, 3.63) is 34.6 Å². The van der Waals surface area contributed by atoms with Gasteiger partial charge in [0, 0.05) is 11.5 Å². The minimum atomic E-state index is -0.402. The van der Waals surface area contributed by atoms with E-state index < -0.39 is 5.82 Å². The average Bonchev–Trinajstić information content (AvgIpc) is 2.74. The smallest absolute Gasteiger partial charge is 0.167 e. The number of halogens is 2. The lowest BCUT2D eigenvalue weighted by Gasteiger charge is -2.09. The molecule has 1 aliphatic rings. The van der Waals surface area contributed by atoms with Gasteiger partial charge in [0.05, 0.1) is 5.02 Å². The fourth-order valence-corrected chi connectivity index (χ4v) is 2.30. The molecule has 0 atom stereocenters. The Kier molecular flexibility index (Phi) is 3.06. The first-order chi connectivity index (χ1) is 7.18. The van der Waals surface area contributed by atoms with Crippen molar-refractivity contribution < 1.29 is 9.18 Å². The quantitative estimate of drug-likeness (QED) is 0.700. The maximum atomic E-state index is 13.0. The lowest BCUT2D eigenvalue weighted by molar-refractivity contribution is 0.0922. The molecule has 0 saturated heterocycles. The minimum absolute atomic E-state index is 0.00278. The van der Waals surface area contributed by atoms with Crippen LogP contribution < -0.4 is 0 Å². The molecule has 0 N–H and O–H groups in total. The van der Waals surface area contributed by atoms with E-state index in [-0.39, 0.29) is 11.7 Å². The highest BCUT2D eigenvalue weighted by atomic mass is 35.5. The molecule has 1 aliphatic carbocycles. The van der Waals surface area contributed by atoms with E-state index in [0.29, 0.717) is 10.6 Å². The van der Waals surface area contributed by atoms with Crippen molar-refractivity contribution in [3.63, 3.8) is 0 Å². The highest BCUT2D eigenvalue weighted by molar-refractivity contribution is 6.34. The fraction of sp³-hybridized carbons (Fsp3) is 0.417. The zero-order valence-corrected chi connectivity index (χ0v) is 9.06. The van der Waals surface area contributed by atoms with Gasteiger partial charge in [0.25, 0.3) is 0 Å². The van der Waals surface area contributed by atoms with Gasteiger partial charge in [-0.15, -0.1) is 0 Å². The lowest BCUT2D eigenvalue weighted by atomic mass is 9.96. The molecule has 3 heteroatoms. The highest BCUT2D eigenvalue weighted by Crippen LogP contribution is 2.30. The zero-order chi connectivity index (χ0) is 10.8. The van der Waals surface area contributed by atoms with E-state index in [9.17, 15) is 9.18 Å². The van der Waals surface area contributed by atoms with Crippen molar-refractivity contribution in [3.8, 4) is 0 Å². The van der Waals surface area contributed by atoms with Crippen molar-refractivity contribution in [1.82, 2.24) is 0 Å². The largest absolute Gasteiger partial charge is 0.294 e. The van der Waals surface area contributed by atoms with E-state index in [1.165, 1.54) is 18.2 Å². The second-order valence-corrected chi connectivity index (χ2v) is 4.38. The Bertz CT molecular complexity index is 383. The molecule has 1 aromatic rings. The molecule has 0 radical (unpaired) electrons. The normalized spacial score (nSPS) is 16.9. The maximum absolute atomic E-state index is 13.0. The van der Waals surface area contributed by atoms with Crippen LogP contribution in [0.25, 0.3) is 0 Å². The molecule has 0 spiro atoms. The summed E-state index contributed by atoms with van der Waals surface area (Å²) < 4.78 is 13.0. The van der Waals surface area contributed by atoms with Crippen LogP contribution in [0.2, 0.25) is 5.02 Å². The molecule has 2 rings (SSSR count). The molecule has 1 nitrogen and oxygen atoms in total. The molecule has 0 bridgehead atoms. The lowest BCUT2D eigenvalue weighted by Crippen LogP contribution is -2.11. The minimum Gasteiger partial charge on any atom is -0.294 e. The van der Waals surface area contributed by atoms with Crippen LogP contribution in [-0.2, 0) is 0 Å². The molecular weight excluding hydrogens is 215 g/mol. The Morgan fingerprint density at radius 3 is 2.67 bits per heavy atom. The average molecular weight is 227 g/mol. The van der Waals surface area contributed by atoms with Crippen LogP contribution in [0.1, 0.15) is 36.0 Å². The van der Waals surface area contributed by atoms with Gasteiger partial charge in [-0.25, -0.2) is 4.39 Å². The van der Waals surface area contributed by atoms with Gasteiger partial charge in [0.2, 0.25) is 0 Å². The summed E-state index contributed by atoms with van der Waals surface area (Å²) in [7, 11) is 0. The van der Waals surface area contributed by atoms with Crippen LogP contribution >= 0.6 is 11.6 Å². The summed E-state index contributed by atoms with van der Waals surface area (Å²) in [5, 5.41) is 0.355. The molecule has 0 aromatic heterocycles. The van der Waals surface area contributed by atoms with Crippen LogP contribution in [0.5, 0.6) is 0 Å². The number of hydrogen-bond acceptors (Lipinski definition) is 1. The summed E-state index contributed by atoms with van der Waals surface area (Å²) >= 11 is 5.88. The summed E-state index contributed by atoms with van der Waals surface area (Å²) in [6, 6.07) is 3.95. The third-order valence-electron chi connectivity index (χ3n) is 2.92. The number of hydrogen-bond donors (Lipinski definition) is 0. The van der Waals surface area contributed by atoms with Crippen molar-refractivity contribution in [2.45, 2.75) is 25.7 Å². The standard InChI is InChI=1S/C12H12ClFO/c13-11-6-5-9(14)7-10(11)12(15)8-3-1-2-4-8/h5-8H,1-4H2. The van der Waals surface area contributed by atoms with Gasteiger partial charge in [-0.2, -0.15) is 0 Å². The van der Waals surface area contributed by atoms with E-state index in [1.54, 1.807) is 0 Å². The molecule has 0 unspecified atom stereocenters. The van der Waals surface area contributed by atoms with Gasteiger partial charge in [0.15, 0.2) is 5.78 Å². The Hall–Kier alpha value is -0.890. The van der Waals surface area contributed by atoms with Gasteiger partial charge < -0.3 is 0 Å². The van der Waals surface area contributed by atoms with Gasteiger partial charge >= 0.3 is 0 Å². The van der Waals surface area contributed by atoms with Crippen molar-refractivity contribution >= 4 is 17.4 Å². The van der Waals surface area contributed by atoms with E-state index in [4.69, 9.17) is 11.6 Å². The summed E-state index contributed by atoms with van der Waals surface area (Å²) in [6.07, 6.45) is 3.99. The predicted molar refractivity (Wildman–Crippen MR) is 57.7 cm³/mol. The molecule has 1 fully saturated rings. The van der Waals surface area contributed by atoms with E-state index in [1.807, 2.05) is 0 Å². The fourth-order valence-electron chi connectivity index (χ4n) is 2.09. The second-order valence-electron chi connectivity index (χ2n) is 3.97. The summed E-state index contributed by atoms with van der Waals surface area (Å²) in [5.74, 6) is -0.359. The Labute approximate surface area is 93.2 Å². The first-order valence-electron chi connectivity index (χ1n) is 5.18. The van der Waals surface area contributed by atoms with Gasteiger partial charge in [-0.05, 0) is 31.0 Å². The molecule has 0 heterocycles. The molecule has 0 aliphatic heterocycles. The Balaban J connectivity index is 2.27. The van der Waals surface area contributed by atoms with Crippen molar-refractivity contribution in [2.24, 2.45) is 5.92 Å². The second kappa shape index (κ2) is 4.31. The van der Waals surface area contributed by atoms with Crippen molar-refractivity contribution in [1.29, 1.82) is 0 Å². The molecule has 15 heavy (non-hydrogen) atoms. The number of rotatable bonds is 2. The SMILES string of the molecule is O=C(c1cc(F)ccc1Cl)C1CCCC1. The van der Waals surface area contributed by atoms with E-state index >= 15 is 0 Å². The molecule has 80 valence electrons. The van der Waals surface area contributed by atoms with Crippen LogP contribution in [0, 0.1) is 11.7 Å². The topological polar surface area (TPSA) is 17.1 Å². The molecule has 1 saturated carbocycles. The third kappa shape index (κ3) is 2.20. The zero-order valence-electron chi connectivity index (χ0n) is 8.30. The van der Waals surface area contributed by atoms with Crippen molar-refractivity contribution in [2.75, 3.05) is 0 Å². The highest BCUT2D eigenvalue weighted by Gasteiger charge is 2.25. The van der Waals surface area contributed by atoms with E-state index in [2.05, 4.69) is 0 Å². The predicted octanol–water partition coefficient (Wildman–Crippen LogP) is 3.85. The molecule has 0 amide bonds. The summed E-state index contributed by atoms with van der Waals surface area (Å²) in [4.78, 5) is 12.0. The van der Waals surface area contributed by atoms with Crippen LogP contribution in [-0.4, -0.2) is 5.78 Å². The number of carbonyl (C=O) groups is 1. The maximum Gasteiger partial charge on any atom is 0.167 e. The van der Waals surface area contributed by atoms with Gasteiger partial charge in [0.1, 0.15) is 5.82 Å². The third-order valence-corrected chi connectivity index (χ3v) is 3.25. The Morgan fingerprint density at radius 2 is 2.00 bits per heavy atom. The summed E-state index contributed by atoms with van der Waals surface area (Å²) in [6.45, 7) is 0. The number of benzene rings is 1.